The van der Waals surface area contributed by atoms with Crippen molar-refractivity contribution in [1.82, 2.24) is 14.0 Å². The van der Waals surface area contributed by atoms with E-state index in [2.05, 4.69) is 4.98 Å². The van der Waals surface area contributed by atoms with Gasteiger partial charge < -0.3 is 4.57 Å². The highest BCUT2D eigenvalue weighted by Gasteiger charge is 2.18. The quantitative estimate of drug-likeness (QED) is 0.550. The van der Waals surface area contributed by atoms with Crippen LogP contribution in [-0.2, 0) is 0 Å². The van der Waals surface area contributed by atoms with Crippen LogP contribution < -0.4 is 5.56 Å². The van der Waals surface area contributed by atoms with Crippen LogP contribution in [0.15, 0.2) is 53.6 Å². The first-order valence-electron chi connectivity index (χ1n) is 7.94. The van der Waals surface area contributed by atoms with Gasteiger partial charge in [0.2, 0.25) is 0 Å². The minimum Gasteiger partial charge on any atom is -0.302 e. The average Bonchev–Trinajstić information content (AvgIpc) is 3.00. The van der Waals surface area contributed by atoms with Gasteiger partial charge in [-0.2, -0.15) is 0 Å². The van der Waals surface area contributed by atoms with Crippen molar-refractivity contribution in [3.63, 3.8) is 0 Å². The highest BCUT2D eigenvalue weighted by molar-refractivity contribution is 5.85. The summed E-state index contributed by atoms with van der Waals surface area (Å²) in [4.78, 5) is 17.5. The van der Waals surface area contributed by atoms with Gasteiger partial charge in [-0.25, -0.2) is 13.8 Å². The van der Waals surface area contributed by atoms with E-state index in [1.165, 1.54) is 24.3 Å². The summed E-state index contributed by atoms with van der Waals surface area (Å²) in [5.74, 6) is -0.757. The van der Waals surface area contributed by atoms with Gasteiger partial charge in [0.05, 0.1) is 11.0 Å². The first-order chi connectivity index (χ1) is 12.0. The van der Waals surface area contributed by atoms with Crippen LogP contribution in [-0.4, -0.2) is 14.0 Å². The number of hydrogen-bond acceptors (Lipinski definition) is 2. The Labute approximate surface area is 142 Å². The molecule has 2 heterocycles. The van der Waals surface area contributed by atoms with Crippen molar-refractivity contribution in [2.75, 3.05) is 0 Å². The Morgan fingerprint density at radius 2 is 1.64 bits per heavy atom. The Kier molecular flexibility index (Phi) is 3.42. The zero-order valence-electron chi connectivity index (χ0n) is 13.7. The van der Waals surface area contributed by atoms with Crippen LogP contribution in [0.1, 0.15) is 19.9 Å². The number of benzene rings is 2. The second-order valence-corrected chi connectivity index (χ2v) is 6.22. The molecule has 25 heavy (non-hydrogen) atoms. The smallest absolute Gasteiger partial charge is 0.277 e. The van der Waals surface area contributed by atoms with Crippen molar-refractivity contribution in [2.45, 2.75) is 19.9 Å². The van der Waals surface area contributed by atoms with Gasteiger partial charge in [-0.05, 0) is 56.3 Å². The zero-order chi connectivity index (χ0) is 17.7. The topological polar surface area (TPSA) is 39.3 Å². The molecule has 0 radical (unpaired) electrons. The van der Waals surface area contributed by atoms with Crippen molar-refractivity contribution >= 4 is 16.6 Å². The largest absolute Gasteiger partial charge is 0.302 e. The normalized spacial score (nSPS) is 11.7. The van der Waals surface area contributed by atoms with Gasteiger partial charge >= 0.3 is 0 Å². The van der Waals surface area contributed by atoms with E-state index in [-0.39, 0.29) is 17.4 Å². The summed E-state index contributed by atoms with van der Waals surface area (Å²) in [5.41, 5.74) is 2.45. The molecule has 6 heteroatoms. The molecule has 126 valence electrons. The number of imidazole rings is 1. The lowest BCUT2D eigenvalue weighted by Gasteiger charge is -2.15. The molecule has 0 aliphatic rings. The molecule has 0 atom stereocenters. The molecule has 4 nitrogen and oxygen atoms in total. The number of nitrogens with zero attached hydrogens (tertiary/aromatic N) is 3. The number of fused-ring (bicyclic) bond motifs is 3. The van der Waals surface area contributed by atoms with Crippen LogP contribution in [0.25, 0.3) is 27.8 Å². The molecule has 0 spiro atoms. The fourth-order valence-electron chi connectivity index (χ4n) is 3.18. The minimum atomic E-state index is -0.403. The lowest BCUT2D eigenvalue weighted by Crippen LogP contribution is -2.24. The molecule has 0 saturated carbocycles. The molecule has 4 rings (SSSR count). The van der Waals surface area contributed by atoms with Crippen LogP contribution in [0.5, 0.6) is 0 Å². The van der Waals surface area contributed by atoms with Crippen molar-refractivity contribution in [2.24, 2.45) is 0 Å². The SMILES string of the molecule is CC(C)n1c(=O)c2c(-c3ccc(F)cc3)ncn2c2ccc(F)cc21. The van der Waals surface area contributed by atoms with Gasteiger partial charge in [0.25, 0.3) is 5.56 Å². The van der Waals surface area contributed by atoms with Crippen molar-refractivity contribution in [3.05, 3.63) is 70.8 Å². The number of hydrogen-bond donors (Lipinski definition) is 0. The second-order valence-electron chi connectivity index (χ2n) is 6.22. The van der Waals surface area contributed by atoms with Crippen LogP contribution in [0.3, 0.4) is 0 Å². The van der Waals surface area contributed by atoms with Gasteiger partial charge in [-0.1, -0.05) is 0 Å². The summed E-state index contributed by atoms with van der Waals surface area (Å²) < 4.78 is 30.2. The van der Waals surface area contributed by atoms with E-state index < -0.39 is 5.82 Å². The first kappa shape index (κ1) is 15.5. The third kappa shape index (κ3) is 2.33. The predicted molar refractivity (Wildman–Crippen MR) is 92.7 cm³/mol. The number of rotatable bonds is 2. The van der Waals surface area contributed by atoms with Gasteiger partial charge in [-0.15, -0.1) is 0 Å². The maximum Gasteiger partial charge on any atom is 0.277 e. The molecule has 0 saturated heterocycles. The maximum absolute atomic E-state index is 13.7. The number of halogens is 2. The Morgan fingerprint density at radius 3 is 2.32 bits per heavy atom. The van der Waals surface area contributed by atoms with E-state index in [1.807, 2.05) is 13.8 Å². The molecule has 0 fully saturated rings. The maximum atomic E-state index is 13.7. The second kappa shape index (κ2) is 5.51. The highest BCUT2D eigenvalue weighted by atomic mass is 19.1. The number of aromatic nitrogens is 3. The third-order valence-electron chi connectivity index (χ3n) is 4.28. The van der Waals surface area contributed by atoms with Crippen LogP contribution in [0.4, 0.5) is 8.78 Å². The fraction of sp³-hybridized carbons (Fsp3) is 0.158. The summed E-state index contributed by atoms with van der Waals surface area (Å²) >= 11 is 0. The van der Waals surface area contributed by atoms with E-state index >= 15 is 0 Å². The van der Waals surface area contributed by atoms with E-state index in [0.29, 0.717) is 27.8 Å². The molecule has 0 bridgehead atoms. The summed E-state index contributed by atoms with van der Waals surface area (Å²) in [6.07, 6.45) is 1.54. The van der Waals surface area contributed by atoms with Crippen LogP contribution in [0.2, 0.25) is 0 Å². The van der Waals surface area contributed by atoms with E-state index in [9.17, 15) is 13.6 Å². The standard InChI is InChI=1S/C19H15F2N3O/c1-11(2)24-16-9-14(21)7-8-15(16)23-10-22-17(18(23)19(24)25)12-3-5-13(20)6-4-12/h3-11H,1-2H3. The summed E-state index contributed by atoms with van der Waals surface area (Å²) in [5, 5.41) is 0. The third-order valence-corrected chi connectivity index (χ3v) is 4.28. The molecular formula is C19H15F2N3O. The first-order valence-corrected chi connectivity index (χ1v) is 7.94. The van der Waals surface area contributed by atoms with Crippen molar-refractivity contribution < 1.29 is 8.78 Å². The summed E-state index contributed by atoms with van der Waals surface area (Å²) in [7, 11) is 0. The molecular weight excluding hydrogens is 324 g/mol. The lowest BCUT2D eigenvalue weighted by atomic mass is 10.1. The Balaban J connectivity index is 2.17. The molecule has 2 aromatic heterocycles. The van der Waals surface area contributed by atoms with Crippen LogP contribution in [0, 0.1) is 11.6 Å². The summed E-state index contributed by atoms with van der Waals surface area (Å²) in [6, 6.07) is 10.0. The molecule has 2 aromatic carbocycles. The Morgan fingerprint density at radius 1 is 0.960 bits per heavy atom. The predicted octanol–water partition coefficient (Wildman–Crippen LogP) is 4.18. The molecule has 0 aliphatic carbocycles. The van der Waals surface area contributed by atoms with E-state index in [1.54, 1.807) is 33.5 Å². The lowest BCUT2D eigenvalue weighted by molar-refractivity contribution is 0.594. The average molecular weight is 339 g/mol. The minimum absolute atomic E-state index is 0.155. The van der Waals surface area contributed by atoms with Gasteiger partial charge in [0.1, 0.15) is 29.2 Å². The van der Waals surface area contributed by atoms with Crippen LogP contribution >= 0.6 is 0 Å². The summed E-state index contributed by atoms with van der Waals surface area (Å²) in [6.45, 7) is 3.74. The monoisotopic (exact) mass is 339 g/mol. The van der Waals surface area contributed by atoms with Gasteiger partial charge in [-0.3, -0.25) is 9.20 Å². The Hall–Kier alpha value is -3.02. The molecule has 0 amide bonds. The van der Waals surface area contributed by atoms with E-state index in [4.69, 9.17) is 0 Å². The molecule has 4 aromatic rings. The molecule has 0 N–H and O–H groups in total. The van der Waals surface area contributed by atoms with Gasteiger partial charge in [0, 0.05) is 11.6 Å². The fourth-order valence-corrected chi connectivity index (χ4v) is 3.18. The van der Waals surface area contributed by atoms with Crippen molar-refractivity contribution in [1.29, 1.82) is 0 Å². The highest BCUT2D eigenvalue weighted by Crippen LogP contribution is 2.26. The zero-order valence-corrected chi connectivity index (χ0v) is 13.7. The van der Waals surface area contributed by atoms with Gasteiger partial charge in [0.15, 0.2) is 0 Å². The molecule has 0 unspecified atom stereocenters. The Bertz CT molecular complexity index is 1160. The van der Waals surface area contributed by atoms with Crippen molar-refractivity contribution in [3.8, 4) is 11.3 Å². The van der Waals surface area contributed by atoms with E-state index in [0.717, 1.165) is 0 Å². The molecule has 0 aliphatic heterocycles.